The van der Waals surface area contributed by atoms with E-state index in [1.807, 2.05) is 49.4 Å². The lowest BCUT2D eigenvalue weighted by Gasteiger charge is -2.14. The first-order valence-corrected chi connectivity index (χ1v) is 10.8. The van der Waals surface area contributed by atoms with E-state index in [-0.39, 0.29) is 11.5 Å². The van der Waals surface area contributed by atoms with Gasteiger partial charge in [0.25, 0.3) is 11.5 Å². The molecule has 0 spiro atoms. The molecule has 1 aliphatic rings. The molecule has 3 heterocycles. The van der Waals surface area contributed by atoms with Crippen LogP contribution in [-0.2, 0) is 4.79 Å². The number of hydrogen-bond donors (Lipinski definition) is 0. The highest BCUT2D eigenvalue weighted by Gasteiger charge is 2.34. The summed E-state index contributed by atoms with van der Waals surface area (Å²) in [4.78, 5) is 33.0. The predicted molar refractivity (Wildman–Crippen MR) is 122 cm³/mol. The number of carbonyl (C=O) groups excluding carboxylic acids is 1. The molecule has 0 atom stereocenters. The Kier molecular flexibility index (Phi) is 4.41. The van der Waals surface area contributed by atoms with Crippen molar-refractivity contribution < 1.29 is 4.79 Å². The summed E-state index contributed by atoms with van der Waals surface area (Å²) >= 11 is 4.65. The smallest absolute Gasteiger partial charge is 0.291 e. The fourth-order valence-corrected chi connectivity index (χ4v) is 5.02. The first-order chi connectivity index (χ1) is 14.5. The maximum absolute atomic E-state index is 13.2. The molecule has 6 nitrogen and oxygen atoms in total. The first kappa shape index (κ1) is 18.9. The van der Waals surface area contributed by atoms with Gasteiger partial charge in [0.2, 0.25) is 4.96 Å². The summed E-state index contributed by atoms with van der Waals surface area (Å²) in [5, 5.41) is 4.43. The molecule has 0 aliphatic carbocycles. The quantitative estimate of drug-likeness (QED) is 0.423. The molecule has 30 heavy (non-hydrogen) atoms. The van der Waals surface area contributed by atoms with Crippen molar-refractivity contribution in [2.45, 2.75) is 6.92 Å². The lowest BCUT2D eigenvalue weighted by Crippen LogP contribution is -2.32. The molecule has 0 unspecified atom stereocenters. The second kappa shape index (κ2) is 7.00. The van der Waals surface area contributed by atoms with E-state index in [4.69, 9.17) is 0 Å². The molecule has 2 aromatic heterocycles. The summed E-state index contributed by atoms with van der Waals surface area (Å²) in [6.07, 6.45) is 1.67. The number of fused-ring (bicyclic) bond motifs is 2. The molecular weight excluding hydrogens is 464 g/mol. The molecule has 1 amide bonds. The number of aryl methyl sites for hydroxylation is 1. The largest absolute Gasteiger partial charge is 0.304 e. The Labute approximate surface area is 183 Å². The van der Waals surface area contributed by atoms with Gasteiger partial charge >= 0.3 is 0 Å². The van der Waals surface area contributed by atoms with Crippen LogP contribution in [0.3, 0.4) is 0 Å². The summed E-state index contributed by atoms with van der Waals surface area (Å²) in [5.41, 5.74) is 3.44. The molecule has 0 fully saturated rings. The summed E-state index contributed by atoms with van der Waals surface area (Å²) in [6, 6.07) is 13.4. The van der Waals surface area contributed by atoms with Crippen LogP contribution in [0.15, 0.2) is 64.4 Å². The van der Waals surface area contributed by atoms with Crippen molar-refractivity contribution in [1.29, 1.82) is 0 Å². The molecule has 4 aromatic rings. The lowest BCUT2D eigenvalue weighted by atomic mass is 10.1. The van der Waals surface area contributed by atoms with E-state index in [1.165, 1.54) is 15.9 Å². The van der Waals surface area contributed by atoms with Gasteiger partial charge < -0.3 is 4.90 Å². The molecule has 1 aliphatic heterocycles. The average molecular weight is 479 g/mol. The highest BCUT2D eigenvalue weighted by molar-refractivity contribution is 9.10. The molecule has 0 saturated heterocycles. The molecule has 148 valence electrons. The minimum Gasteiger partial charge on any atom is -0.304 e. The van der Waals surface area contributed by atoms with Crippen LogP contribution in [0.2, 0.25) is 0 Å². The van der Waals surface area contributed by atoms with Crippen molar-refractivity contribution in [1.82, 2.24) is 14.6 Å². The van der Waals surface area contributed by atoms with E-state index in [1.54, 1.807) is 11.0 Å². The van der Waals surface area contributed by atoms with E-state index in [2.05, 4.69) is 32.6 Å². The van der Waals surface area contributed by atoms with Crippen LogP contribution in [0.25, 0.3) is 21.9 Å². The normalized spacial score (nSPS) is 15.1. The zero-order valence-electron chi connectivity index (χ0n) is 15.9. The lowest BCUT2D eigenvalue weighted by molar-refractivity contribution is -0.112. The van der Waals surface area contributed by atoms with Gasteiger partial charge in [0, 0.05) is 22.1 Å². The van der Waals surface area contributed by atoms with Crippen molar-refractivity contribution >= 4 is 49.4 Å². The van der Waals surface area contributed by atoms with Gasteiger partial charge in [-0.1, -0.05) is 57.6 Å². The van der Waals surface area contributed by atoms with Crippen molar-refractivity contribution in [3.05, 3.63) is 85.6 Å². The predicted octanol–water partition coefficient (Wildman–Crippen LogP) is 3.34. The zero-order valence-corrected chi connectivity index (χ0v) is 18.3. The van der Waals surface area contributed by atoms with Crippen LogP contribution in [0, 0.1) is 6.92 Å². The fourth-order valence-electron chi connectivity index (χ4n) is 3.66. The van der Waals surface area contributed by atoms with Gasteiger partial charge in [-0.15, -0.1) is 11.7 Å². The average Bonchev–Trinajstić information content (AvgIpc) is 3.34. The number of thiazole rings is 1. The number of anilines is 1. The second-order valence-corrected chi connectivity index (χ2v) is 8.82. The zero-order chi connectivity index (χ0) is 21.0. The minimum absolute atomic E-state index is 0.219. The van der Waals surface area contributed by atoms with Crippen LogP contribution < -0.4 is 15.0 Å². The Morgan fingerprint density at radius 2 is 1.97 bits per heavy atom. The SMILES string of the molecule is C=CCN1C(=O)/C(=c2/sc3nc(-c4ccccc4C)nn3c2=O)c2cc(Br)ccc21. The van der Waals surface area contributed by atoms with E-state index < -0.39 is 0 Å². The molecule has 8 heteroatoms. The third-order valence-corrected chi connectivity index (χ3v) is 6.58. The molecule has 2 aromatic carbocycles. The maximum Gasteiger partial charge on any atom is 0.291 e. The van der Waals surface area contributed by atoms with Crippen molar-refractivity contribution in [3.63, 3.8) is 0 Å². The number of halogens is 1. The van der Waals surface area contributed by atoms with Crippen LogP contribution >= 0.6 is 27.3 Å². The number of hydrogen-bond acceptors (Lipinski definition) is 5. The summed E-state index contributed by atoms with van der Waals surface area (Å²) < 4.78 is 2.47. The topological polar surface area (TPSA) is 67.6 Å². The van der Waals surface area contributed by atoms with Gasteiger partial charge in [-0.25, -0.2) is 0 Å². The standard InChI is InChI=1S/C22H15BrN4O2S/c1-3-10-26-16-9-8-13(23)11-15(16)17(20(26)28)18-21(29)27-22(30-18)24-19(25-27)14-7-5-4-6-12(14)2/h3-9,11H,1,10H2,2H3/b18-17+. The van der Waals surface area contributed by atoms with Crippen LogP contribution in [-0.4, -0.2) is 27.0 Å². The summed E-state index contributed by atoms with van der Waals surface area (Å²) in [7, 11) is 0. The number of amides is 1. The number of rotatable bonds is 3. The molecule has 0 bridgehead atoms. The molecular formula is C22H15BrN4O2S. The third kappa shape index (κ3) is 2.75. The molecule has 0 saturated carbocycles. The first-order valence-electron chi connectivity index (χ1n) is 9.22. The number of carbonyl (C=O) groups is 1. The monoisotopic (exact) mass is 478 g/mol. The van der Waals surface area contributed by atoms with Crippen molar-refractivity contribution in [3.8, 4) is 11.4 Å². The van der Waals surface area contributed by atoms with Gasteiger partial charge in [-0.05, 0) is 30.7 Å². The number of aromatic nitrogens is 3. The second-order valence-electron chi connectivity index (χ2n) is 6.92. The van der Waals surface area contributed by atoms with E-state index in [9.17, 15) is 9.59 Å². The molecule has 0 radical (unpaired) electrons. The van der Waals surface area contributed by atoms with E-state index in [0.29, 0.717) is 27.4 Å². The Morgan fingerprint density at radius 1 is 1.17 bits per heavy atom. The summed E-state index contributed by atoms with van der Waals surface area (Å²) in [6.45, 7) is 6.08. The Bertz CT molecular complexity index is 1470. The number of benzene rings is 2. The van der Waals surface area contributed by atoms with Crippen molar-refractivity contribution in [2.75, 3.05) is 11.4 Å². The minimum atomic E-state index is -0.336. The Hall–Kier alpha value is -3.10. The Morgan fingerprint density at radius 3 is 2.70 bits per heavy atom. The van der Waals surface area contributed by atoms with Gasteiger partial charge in [0.15, 0.2) is 5.82 Å². The van der Waals surface area contributed by atoms with E-state index >= 15 is 0 Å². The Balaban J connectivity index is 1.76. The van der Waals surface area contributed by atoms with Gasteiger partial charge in [-0.2, -0.15) is 9.50 Å². The molecule has 0 N–H and O–H groups in total. The highest BCUT2D eigenvalue weighted by Crippen LogP contribution is 2.37. The van der Waals surface area contributed by atoms with Crippen LogP contribution in [0.1, 0.15) is 11.1 Å². The summed E-state index contributed by atoms with van der Waals surface area (Å²) in [5.74, 6) is 0.283. The fraction of sp³-hybridized carbons (Fsp3) is 0.0909. The van der Waals surface area contributed by atoms with Gasteiger partial charge in [0.1, 0.15) is 4.53 Å². The van der Waals surface area contributed by atoms with E-state index in [0.717, 1.165) is 26.9 Å². The number of nitrogens with zero attached hydrogens (tertiary/aromatic N) is 4. The highest BCUT2D eigenvalue weighted by atomic mass is 79.9. The molecule has 5 rings (SSSR count). The maximum atomic E-state index is 13.2. The van der Waals surface area contributed by atoms with Crippen molar-refractivity contribution in [2.24, 2.45) is 0 Å². The van der Waals surface area contributed by atoms with Crippen LogP contribution in [0.4, 0.5) is 5.69 Å². The van der Waals surface area contributed by atoms with Gasteiger partial charge in [-0.3, -0.25) is 9.59 Å². The van der Waals surface area contributed by atoms with Crippen LogP contribution in [0.5, 0.6) is 0 Å². The third-order valence-electron chi connectivity index (χ3n) is 5.06. The van der Waals surface area contributed by atoms with Gasteiger partial charge in [0.05, 0.1) is 11.3 Å².